The number of aliphatic hydroxyl groups is 3. The van der Waals surface area contributed by atoms with Gasteiger partial charge in [-0.1, -0.05) is 0 Å². The van der Waals surface area contributed by atoms with Crippen molar-refractivity contribution in [2.24, 2.45) is 0 Å². The monoisotopic (exact) mass is 644 g/mol. The van der Waals surface area contributed by atoms with Crippen LogP contribution in [0.25, 0.3) is 44.4 Å². The SMILES string of the molecule is CC1=C(CCC(=O)O)c2cc3nc(cc4[nH]c(cc5[nH]c(cc1n2)c(C)c5C(C)O)c(C)c4C(C)O)C(C)=C3CCC(=O)O.CCO. The molecule has 5 rings (SSSR count). The molecule has 2 aliphatic heterocycles. The number of allylic oxidation sites excluding steroid dienone is 4. The topological polar surface area (TPSA) is 193 Å². The molecular formula is C36H44N4O7. The van der Waals surface area contributed by atoms with E-state index in [0.717, 1.165) is 50.0 Å². The number of aliphatic carboxylic acids is 2. The molecule has 250 valence electrons. The second kappa shape index (κ2) is 14.5. The molecule has 47 heavy (non-hydrogen) atoms. The Hall–Kier alpha value is -4.58. The summed E-state index contributed by atoms with van der Waals surface area (Å²) in [4.78, 5) is 39.8. The van der Waals surface area contributed by atoms with E-state index < -0.39 is 24.1 Å². The summed E-state index contributed by atoms with van der Waals surface area (Å²) in [6.45, 7) is 13.0. The summed E-state index contributed by atoms with van der Waals surface area (Å²) in [6.07, 6.45) is -1.18. The molecule has 2 atom stereocenters. The lowest BCUT2D eigenvalue weighted by Gasteiger charge is -2.05. The van der Waals surface area contributed by atoms with Crippen molar-refractivity contribution in [2.75, 3.05) is 6.61 Å². The number of aromatic nitrogens is 4. The number of carboxylic acids is 2. The fraction of sp³-hybridized carbons (Fsp3) is 0.389. The third-order valence-corrected chi connectivity index (χ3v) is 8.65. The zero-order valence-corrected chi connectivity index (χ0v) is 27.9. The molecule has 0 saturated heterocycles. The molecule has 8 bridgehead atoms. The van der Waals surface area contributed by atoms with Crippen molar-refractivity contribution in [3.05, 3.63) is 69.3 Å². The first kappa shape index (κ1) is 35.3. The second-order valence-corrected chi connectivity index (χ2v) is 12.0. The lowest BCUT2D eigenvalue weighted by Crippen LogP contribution is -1.97. The molecule has 0 aliphatic carbocycles. The molecular weight excluding hydrogens is 600 g/mol. The van der Waals surface area contributed by atoms with Gasteiger partial charge in [0.15, 0.2) is 0 Å². The Labute approximate surface area is 273 Å². The average Bonchev–Trinajstić information content (AvgIpc) is 3.64. The molecule has 0 spiro atoms. The highest BCUT2D eigenvalue weighted by molar-refractivity contribution is 5.96. The Kier molecular flexibility index (Phi) is 10.9. The number of nitrogens with one attached hydrogen (secondary N) is 2. The average molecular weight is 645 g/mol. The molecule has 5 heterocycles. The number of aryl methyl sites for hydroxylation is 2. The highest BCUT2D eigenvalue weighted by Crippen LogP contribution is 2.38. The van der Waals surface area contributed by atoms with Crippen LogP contribution in [0.1, 0.15) is 118 Å². The van der Waals surface area contributed by atoms with Crippen molar-refractivity contribution in [3.63, 3.8) is 0 Å². The van der Waals surface area contributed by atoms with E-state index in [4.69, 9.17) is 15.1 Å². The molecule has 3 aromatic heterocycles. The molecule has 0 fully saturated rings. The van der Waals surface area contributed by atoms with Gasteiger partial charge in [0.1, 0.15) is 0 Å². The number of rotatable bonds is 8. The number of aliphatic hydroxyl groups excluding tert-OH is 3. The molecule has 3 aromatic rings. The van der Waals surface area contributed by atoms with E-state index in [1.807, 2.05) is 52.0 Å². The Morgan fingerprint density at radius 3 is 1.40 bits per heavy atom. The minimum absolute atomic E-state index is 0.0750. The Bertz CT molecular complexity index is 1940. The fourth-order valence-electron chi connectivity index (χ4n) is 6.32. The van der Waals surface area contributed by atoms with Crippen molar-refractivity contribution in [1.82, 2.24) is 19.9 Å². The number of nitrogens with zero attached hydrogens (tertiary/aromatic N) is 2. The number of fused-ring (bicyclic) bond motifs is 8. The molecule has 0 aromatic carbocycles. The standard InChI is InChI=1S/C34H38N4O6.C2H6O/c1-15-21(7-9-31(41)42)27-14-28-22(8-10-32(43)44)16(2)24(36-28)12-29-34(20(6)40)18(4)26(38-29)13-30-33(19(5)39)17(3)25(37-30)11-23(15)35-27;1-2-3/h11-14,19-20,37-40H,7-10H2,1-6H3,(H,41,42)(H,43,44);3H,2H2,1H3. The van der Waals surface area contributed by atoms with Crippen LogP contribution in [0.2, 0.25) is 0 Å². The van der Waals surface area contributed by atoms with Crippen LogP contribution >= 0.6 is 0 Å². The number of hydrogen-bond donors (Lipinski definition) is 7. The summed E-state index contributed by atoms with van der Waals surface area (Å²) in [5, 5.41) is 48.1. The first-order valence-corrected chi connectivity index (χ1v) is 15.7. The lowest BCUT2D eigenvalue weighted by atomic mass is 9.98. The molecule has 11 heteroatoms. The van der Waals surface area contributed by atoms with Gasteiger partial charge in [0, 0.05) is 52.6 Å². The lowest BCUT2D eigenvalue weighted by molar-refractivity contribution is -0.137. The largest absolute Gasteiger partial charge is 0.481 e. The zero-order valence-electron chi connectivity index (χ0n) is 27.9. The van der Waals surface area contributed by atoms with Crippen LogP contribution in [0.15, 0.2) is 24.3 Å². The summed E-state index contributed by atoms with van der Waals surface area (Å²) in [7, 11) is 0. The Morgan fingerprint density at radius 1 is 0.660 bits per heavy atom. The second-order valence-electron chi connectivity index (χ2n) is 12.0. The van der Waals surface area contributed by atoms with Gasteiger partial charge in [-0.2, -0.15) is 0 Å². The van der Waals surface area contributed by atoms with Gasteiger partial charge in [-0.3, -0.25) is 9.59 Å². The minimum atomic E-state index is -0.921. The molecule has 0 amide bonds. The van der Waals surface area contributed by atoms with Crippen LogP contribution in [0, 0.1) is 13.8 Å². The quantitative estimate of drug-likeness (QED) is 0.141. The van der Waals surface area contributed by atoms with Crippen LogP contribution < -0.4 is 0 Å². The maximum atomic E-state index is 11.6. The van der Waals surface area contributed by atoms with Gasteiger partial charge in [0.05, 0.1) is 35.0 Å². The van der Waals surface area contributed by atoms with E-state index in [-0.39, 0.29) is 32.3 Å². The summed E-state index contributed by atoms with van der Waals surface area (Å²) in [6, 6.07) is 7.51. The smallest absolute Gasteiger partial charge is 0.303 e. The van der Waals surface area contributed by atoms with Crippen LogP contribution in [0.3, 0.4) is 0 Å². The highest BCUT2D eigenvalue weighted by Gasteiger charge is 2.23. The molecule has 0 saturated carbocycles. The van der Waals surface area contributed by atoms with Gasteiger partial charge < -0.3 is 35.5 Å². The normalized spacial score (nSPS) is 14.2. The van der Waals surface area contributed by atoms with E-state index in [1.165, 1.54) is 0 Å². The van der Waals surface area contributed by atoms with Gasteiger partial charge in [0.25, 0.3) is 0 Å². The van der Waals surface area contributed by atoms with Crippen molar-refractivity contribution in [2.45, 2.75) is 86.4 Å². The minimum Gasteiger partial charge on any atom is -0.481 e. The van der Waals surface area contributed by atoms with E-state index in [1.54, 1.807) is 20.8 Å². The number of hydrogen-bond acceptors (Lipinski definition) is 7. The molecule has 2 aliphatic rings. The van der Waals surface area contributed by atoms with Gasteiger partial charge in [-0.15, -0.1) is 0 Å². The Morgan fingerprint density at radius 2 is 1.02 bits per heavy atom. The van der Waals surface area contributed by atoms with Gasteiger partial charge in [-0.25, -0.2) is 9.97 Å². The third-order valence-electron chi connectivity index (χ3n) is 8.65. The van der Waals surface area contributed by atoms with Crippen LogP contribution in [-0.2, 0) is 9.59 Å². The number of H-pyrrole nitrogens is 2. The first-order valence-electron chi connectivity index (χ1n) is 15.7. The summed E-state index contributed by atoms with van der Waals surface area (Å²) < 4.78 is 0. The fourth-order valence-corrected chi connectivity index (χ4v) is 6.32. The van der Waals surface area contributed by atoms with Crippen molar-refractivity contribution in [1.29, 1.82) is 0 Å². The van der Waals surface area contributed by atoms with E-state index in [9.17, 15) is 30.0 Å². The van der Waals surface area contributed by atoms with Crippen molar-refractivity contribution >= 4 is 56.3 Å². The maximum Gasteiger partial charge on any atom is 0.303 e. The van der Waals surface area contributed by atoms with Crippen LogP contribution in [-0.4, -0.2) is 64.0 Å². The zero-order chi connectivity index (χ0) is 34.7. The van der Waals surface area contributed by atoms with Crippen LogP contribution in [0.4, 0.5) is 0 Å². The number of aromatic amines is 2. The molecule has 0 radical (unpaired) electrons. The van der Waals surface area contributed by atoms with Crippen molar-refractivity contribution in [3.8, 4) is 0 Å². The first-order chi connectivity index (χ1) is 22.2. The predicted octanol–water partition coefficient (Wildman–Crippen LogP) is 6.63. The van der Waals surface area contributed by atoms with Gasteiger partial charge in [0.2, 0.25) is 0 Å². The highest BCUT2D eigenvalue weighted by atomic mass is 16.4. The molecule has 11 nitrogen and oxygen atoms in total. The summed E-state index contributed by atoms with van der Waals surface area (Å²) >= 11 is 0. The summed E-state index contributed by atoms with van der Waals surface area (Å²) in [5.74, 6) is -1.84. The third kappa shape index (κ3) is 7.38. The van der Waals surface area contributed by atoms with E-state index in [0.29, 0.717) is 39.4 Å². The molecule has 2 unspecified atom stereocenters. The number of carbonyl (C=O) groups is 2. The van der Waals surface area contributed by atoms with E-state index in [2.05, 4.69) is 9.97 Å². The Balaban J connectivity index is 0.00000160. The van der Waals surface area contributed by atoms with Gasteiger partial charge in [-0.05, 0) is 119 Å². The maximum absolute atomic E-state index is 11.6. The molecule has 7 N–H and O–H groups in total. The van der Waals surface area contributed by atoms with Crippen molar-refractivity contribution < 1.29 is 35.1 Å². The summed E-state index contributed by atoms with van der Waals surface area (Å²) in [5.41, 5.74) is 11.7. The predicted molar refractivity (Wildman–Crippen MR) is 183 cm³/mol. The van der Waals surface area contributed by atoms with E-state index >= 15 is 0 Å². The number of carboxylic acid groups (broad SMARTS) is 2. The van der Waals surface area contributed by atoms with Crippen LogP contribution in [0.5, 0.6) is 0 Å². The van der Waals surface area contributed by atoms with Gasteiger partial charge >= 0.3 is 11.9 Å².